The topological polar surface area (TPSA) is 81.6 Å². The summed E-state index contributed by atoms with van der Waals surface area (Å²) in [5.41, 5.74) is -0.121. The second-order valence-electron chi connectivity index (χ2n) is 7.09. The van der Waals surface area contributed by atoms with Crippen LogP contribution < -0.4 is 5.69 Å². The van der Waals surface area contributed by atoms with Crippen molar-refractivity contribution >= 4 is 5.65 Å². The van der Waals surface area contributed by atoms with E-state index in [0.717, 1.165) is 12.1 Å². The zero-order chi connectivity index (χ0) is 16.0. The summed E-state index contributed by atoms with van der Waals surface area (Å²) in [5, 5.41) is 14.9. The first-order chi connectivity index (χ1) is 10.3. The Kier molecular flexibility index (Phi) is 3.57. The first kappa shape index (κ1) is 15.2. The molecule has 7 heteroatoms. The van der Waals surface area contributed by atoms with Gasteiger partial charge in [0.15, 0.2) is 5.65 Å². The van der Waals surface area contributed by atoms with E-state index in [1.807, 2.05) is 26.8 Å². The van der Waals surface area contributed by atoms with Gasteiger partial charge in [0.25, 0.3) is 0 Å². The molecule has 1 unspecified atom stereocenters. The quantitative estimate of drug-likeness (QED) is 0.884. The number of rotatable bonds is 2. The number of aromatic nitrogens is 4. The minimum atomic E-state index is -1.02. The van der Waals surface area contributed by atoms with Crippen molar-refractivity contribution in [2.75, 3.05) is 13.2 Å². The number of hydrogen-bond donors (Lipinski definition) is 1. The van der Waals surface area contributed by atoms with Crippen LogP contribution >= 0.6 is 0 Å². The monoisotopic (exact) mass is 306 g/mol. The highest BCUT2D eigenvalue weighted by atomic mass is 16.5. The van der Waals surface area contributed by atoms with Gasteiger partial charge in [-0.25, -0.2) is 9.78 Å². The molecule has 3 rings (SSSR count). The van der Waals surface area contributed by atoms with E-state index in [-0.39, 0.29) is 24.3 Å². The van der Waals surface area contributed by atoms with E-state index in [1.54, 1.807) is 0 Å². The number of hydrogen-bond acceptors (Lipinski definition) is 5. The molecule has 1 aliphatic heterocycles. The second kappa shape index (κ2) is 5.17. The van der Waals surface area contributed by atoms with Crippen LogP contribution in [0.4, 0.5) is 0 Å². The summed E-state index contributed by atoms with van der Waals surface area (Å²) in [6, 6.07) is 1.82. The second-order valence-corrected chi connectivity index (χ2v) is 7.09. The molecule has 0 radical (unpaired) electrons. The first-order valence-corrected chi connectivity index (χ1v) is 7.54. The van der Waals surface area contributed by atoms with E-state index in [0.29, 0.717) is 18.7 Å². The van der Waals surface area contributed by atoms with Gasteiger partial charge < -0.3 is 9.84 Å². The van der Waals surface area contributed by atoms with Gasteiger partial charge in [0, 0.05) is 18.1 Å². The van der Waals surface area contributed by atoms with Crippen molar-refractivity contribution in [3.05, 3.63) is 28.6 Å². The van der Waals surface area contributed by atoms with Crippen molar-refractivity contribution < 1.29 is 9.84 Å². The van der Waals surface area contributed by atoms with Crippen molar-refractivity contribution in [3.8, 4) is 0 Å². The largest absolute Gasteiger partial charge is 0.386 e. The summed E-state index contributed by atoms with van der Waals surface area (Å²) in [6.45, 7) is 7.17. The van der Waals surface area contributed by atoms with E-state index in [1.165, 1.54) is 15.4 Å². The lowest BCUT2D eigenvalue weighted by atomic mass is 9.93. The molecule has 120 valence electrons. The van der Waals surface area contributed by atoms with Crippen LogP contribution in [-0.2, 0) is 16.7 Å². The smallest absolute Gasteiger partial charge is 0.351 e. The summed E-state index contributed by atoms with van der Waals surface area (Å²) >= 11 is 0. The lowest BCUT2D eigenvalue weighted by molar-refractivity contribution is -0.0950. The molecule has 1 N–H and O–H groups in total. The third kappa shape index (κ3) is 2.78. The van der Waals surface area contributed by atoms with Gasteiger partial charge in [-0.05, 0) is 12.8 Å². The maximum atomic E-state index is 12.6. The SMILES string of the molecule is CC(C)(C)c1cc2ncn(CC3(O)CCCOC3)c(=O)n2n1. The third-order valence-corrected chi connectivity index (χ3v) is 3.98. The Morgan fingerprint density at radius 1 is 1.45 bits per heavy atom. The number of nitrogens with zero attached hydrogens (tertiary/aromatic N) is 4. The van der Waals surface area contributed by atoms with Crippen molar-refractivity contribution in [2.45, 2.75) is 51.2 Å². The van der Waals surface area contributed by atoms with Gasteiger partial charge in [-0.2, -0.15) is 9.61 Å². The van der Waals surface area contributed by atoms with E-state index in [4.69, 9.17) is 4.74 Å². The average molecular weight is 306 g/mol. The molecule has 0 amide bonds. The normalized spacial score (nSPS) is 23.1. The molecule has 1 saturated heterocycles. The Labute approximate surface area is 128 Å². The number of fused-ring (bicyclic) bond motifs is 1. The van der Waals surface area contributed by atoms with Crippen molar-refractivity contribution in [1.29, 1.82) is 0 Å². The van der Waals surface area contributed by atoms with E-state index in [2.05, 4.69) is 10.1 Å². The van der Waals surface area contributed by atoms with Crippen LogP contribution in [0.3, 0.4) is 0 Å². The van der Waals surface area contributed by atoms with E-state index in [9.17, 15) is 9.90 Å². The van der Waals surface area contributed by atoms with Gasteiger partial charge in [0.05, 0.1) is 18.8 Å². The van der Waals surface area contributed by atoms with Gasteiger partial charge in [0.1, 0.15) is 11.9 Å². The number of aliphatic hydroxyl groups is 1. The zero-order valence-electron chi connectivity index (χ0n) is 13.2. The highest BCUT2D eigenvalue weighted by Crippen LogP contribution is 2.22. The molecule has 3 heterocycles. The molecule has 7 nitrogen and oxygen atoms in total. The molecule has 22 heavy (non-hydrogen) atoms. The molecule has 0 saturated carbocycles. The van der Waals surface area contributed by atoms with Crippen LogP contribution in [0.5, 0.6) is 0 Å². The lowest BCUT2D eigenvalue weighted by Crippen LogP contribution is -2.45. The summed E-state index contributed by atoms with van der Waals surface area (Å²) in [6.07, 6.45) is 2.87. The summed E-state index contributed by atoms with van der Waals surface area (Å²) in [4.78, 5) is 16.8. The Morgan fingerprint density at radius 3 is 2.86 bits per heavy atom. The van der Waals surface area contributed by atoms with Gasteiger partial charge in [0.2, 0.25) is 0 Å². The molecule has 0 bridgehead atoms. The van der Waals surface area contributed by atoms with E-state index < -0.39 is 5.60 Å². The first-order valence-electron chi connectivity index (χ1n) is 7.54. The number of ether oxygens (including phenoxy) is 1. The van der Waals surface area contributed by atoms with Crippen LogP contribution in [0.2, 0.25) is 0 Å². The minimum Gasteiger partial charge on any atom is -0.386 e. The standard InChI is InChI=1S/C15H22N4O3/c1-14(2,3)11-7-12-16-10-18(13(20)19(12)17-11)8-15(21)5-4-6-22-9-15/h7,10,21H,4-6,8-9H2,1-3H3. The van der Waals surface area contributed by atoms with E-state index >= 15 is 0 Å². The molecule has 0 spiro atoms. The van der Waals surface area contributed by atoms with Crippen molar-refractivity contribution in [2.24, 2.45) is 0 Å². The summed E-state index contributed by atoms with van der Waals surface area (Å²) < 4.78 is 8.03. The van der Waals surface area contributed by atoms with Crippen LogP contribution in [0.1, 0.15) is 39.3 Å². The fraction of sp³-hybridized carbons (Fsp3) is 0.667. The molecule has 1 atom stereocenters. The highest BCUT2D eigenvalue weighted by molar-refractivity contribution is 5.39. The predicted octanol–water partition coefficient (Wildman–Crippen LogP) is 0.730. The molecule has 1 aliphatic rings. The van der Waals surface area contributed by atoms with Gasteiger partial charge >= 0.3 is 5.69 Å². The Morgan fingerprint density at radius 2 is 2.23 bits per heavy atom. The minimum absolute atomic E-state index is 0.152. The molecule has 1 fully saturated rings. The van der Waals surface area contributed by atoms with Crippen molar-refractivity contribution in [3.63, 3.8) is 0 Å². The zero-order valence-corrected chi connectivity index (χ0v) is 13.2. The van der Waals surface area contributed by atoms with Gasteiger partial charge in [-0.3, -0.25) is 4.57 Å². The molecule has 2 aromatic rings. The Hall–Kier alpha value is -1.73. The third-order valence-electron chi connectivity index (χ3n) is 3.98. The van der Waals surface area contributed by atoms with Crippen LogP contribution in [0.25, 0.3) is 5.65 Å². The molecule has 2 aromatic heterocycles. The lowest BCUT2D eigenvalue weighted by Gasteiger charge is -2.32. The molecular formula is C15H22N4O3. The fourth-order valence-electron chi connectivity index (χ4n) is 2.66. The summed E-state index contributed by atoms with van der Waals surface area (Å²) in [7, 11) is 0. The average Bonchev–Trinajstić information content (AvgIpc) is 2.88. The van der Waals surface area contributed by atoms with Crippen LogP contribution in [0.15, 0.2) is 17.2 Å². The molecule has 0 aliphatic carbocycles. The Bertz CT molecular complexity index is 735. The highest BCUT2D eigenvalue weighted by Gasteiger charge is 2.31. The fourth-order valence-corrected chi connectivity index (χ4v) is 2.66. The Balaban J connectivity index is 1.98. The summed E-state index contributed by atoms with van der Waals surface area (Å²) in [5.74, 6) is 0. The maximum absolute atomic E-state index is 12.6. The van der Waals surface area contributed by atoms with Crippen molar-refractivity contribution in [1.82, 2.24) is 19.2 Å². The molecular weight excluding hydrogens is 284 g/mol. The molecule has 0 aromatic carbocycles. The maximum Gasteiger partial charge on any atom is 0.351 e. The predicted molar refractivity (Wildman–Crippen MR) is 80.9 cm³/mol. The van der Waals surface area contributed by atoms with Crippen LogP contribution in [-0.4, -0.2) is 43.1 Å². The van der Waals surface area contributed by atoms with Gasteiger partial charge in [-0.15, -0.1) is 0 Å². The van der Waals surface area contributed by atoms with Crippen LogP contribution in [0, 0.1) is 0 Å². The van der Waals surface area contributed by atoms with Gasteiger partial charge in [-0.1, -0.05) is 20.8 Å².